The van der Waals surface area contributed by atoms with Crippen molar-refractivity contribution in [3.63, 3.8) is 0 Å². The third kappa shape index (κ3) is 5.47. The van der Waals surface area contributed by atoms with Crippen molar-refractivity contribution in [2.45, 2.75) is 38.5 Å². The van der Waals surface area contributed by atoms with E-state index in [0.717, 1.165) is 40.1 Å². The number of hydrogen-bond acceptors (Lipinski definition) is 5. The SMILES string of the molecule is CCc1nc2c(C)cc(Cl)nc2n1-c1ccc(CCNC(=O)NS(=O)(=O)c2ccc(C)cc2)cc1. The zero-order chi connectivity index (χ0) is 25.2. The van der Waals surface area contributed by atoms with Gasteiger partial charge in [0.15, 0.2) is 5.65 Å². The predicted molar refractivity (Wildman–Crippen MR) is 137 cm³/mol. The summed E-state index contributed by atoms with van der Waals surface area (Å²) in [7, 11) is -3.92. The molecule has 2 aromatic heterocycles. The number of nitrogens with one attached hydrogen (secondary N) is 2. The molecule has 2 aromatic carbocycles. The molecule has 0 saturated heterocycles. The first-order valence-corrected chi connectivity index (χ1v) is 13.0. The quantitative estimate of drug-likeness (QED) is 0.356. The fourth-order valence-corrected chi connectivity index (χ4v) is 4.95. The van der Waals surface area contributed by atoms with E-state index in [-0.39, 0.29) is 11.4 Å². The molecule has 0 spiro atoms. The molecule has 4 aromatic rings. The van der Waals surface area contributed by atoms with Crippen LogP contribution in [0.15, 0.2) is 59.5 Å². The number of hydrogen-bond donors (Lipinski definition) is 2. The van der Waals surface area contributed by atoms with Crippen molar-refractivity contribution >= 4 is 38.8 Å². The fourth-order valence-electron chi connectivity index (χ4n) is 3.78. The minimum atomic E-state index is -3.92. The topological polar surface area (TPSA) is 106 Å². The van der Waals surface area contributed by atoms with E-state index in [1.165, 1.54) is 12.1 Å². The van der Waals surface area contributed by atoms with E-state index in [4.69, 9.17) is 16.6 Å². The molecule has 35 heavy (non-hydrogen) atoms. The van der Waals surface area contributed by atoms with Crippen LogP contribution < -0.4 is 10.0 Å². The molecule has 2 heterocycles. The number of aromatic nitrogens is 3. The number of imidazole rings is 1. The van der Waals surface area contributed by atoms with Crippen molar-refractivity contribution in [2.24, 2.45) is 0 Å². The van der Waals surface area contributed by atoms with E-state index >= 15 is 0 Å². The van der Waals surface area contributed by atoms with Gasteiger partial charge in [-0.15, -0.1) is 0 Å². The fraction of sp³-hybridized carbons (Fsp3) is 0.240. The molecule has 4 rings (SSSR count). The number of amides is 2. The zero-order valence-electron chi connectivity index (χ0n) is 19.7. The molecule has 0 fully saturated rings. The van der Waals surface area contributed by atoms with Crippen LogP contribution in [0.1, 0.15) is 29.4 Å². The highest BCUT2D eigenvalue weighted by Crippen LogP contribution is 2.25. The lowest BCUT2D eigenvalue weighted by atomic mass is 10.1. The molecule has 2 N–H and O–H groups in total. The Hall–Kier alpha value is -3.43. The monoisotopic (exact) mass is 511 g/mol. The van der Waals surface area contributed by atoms with Gasteiger partial charge in [0.2, 0.25) is 0 Å². The van der Waals surface area contributed by atoms with Gasteiger partial charge in [0.1, 0.15) is 16.5 Å². The van der Waals surface area contributed by atoms with Gasteiger partial charge in [-0.05, 0) is 61.7 Å². The number of carbonyl (C=O) groups excluding carboxylic acids is 1. The summed E-state index contributed by atoms with van der Waals surface area (Å²) in [5.74, 6) is 0.888. The van der Waals surface area contributed by atoms with Gasteiger partial charge in [-0.25, -0.2) is 27.9 Å². The Morgan fingerprint density at radius 1 is 1.03 bits per heavy atom. The molecule has 0 aliphatic carbocycles. The van der Waals surface area contributed by atoms with Crippen LogP contribution in [0.25, 0.3) is 16.9 Å². The van der Waals surface area contributed by atoms with Gasteiger partial charge in [-0.2, -0.15) is 0 Å². The standard InChI is InChI=1S/C25H26ClN5O3S/c1-4-22-29-23-17(3)15-21(26)28-24(23)31(22)19-9-7-18(8-10-19)13-14-27-25(32)30-35(33,34)20-11-5-16(2)6-12-20/h5-12,15H,4,13-14H2,1-3H3,(H2,27,30,32). The molecule has 2 amide bonds. The van der Waals surface area contributed by atoms with E-state index in [2.05, 4.69) is 10.3 Å². The third-order valence-electron chi connectivity index (χ3n) is 5.61. The molecule has 182 valence electrons. The Balaban J connectivity index is 1.41. The summed E-state index contributed by atoms with van der Waals surface area (Å²) in [6, 6.07) is 15.2. The summed E-state index contributed by atoms with van der Waals surface area (Å²) in [6.07, 6.45) is 1.27. The van der Waals surface area contributed by atoms with E-state index in [0.29, 0.717) is 17.2 Å². The second-order valence-corrected chi connectivity index (χ2v) is 10.3. The van der Waals surface area contributed by atoms with Gasteiger partial charge in [0, 0.05) is 18.7 Å². The minimum absolute atomic E-state index is 0.0401. The molecule has 10 heteroatoms. The number of halogens is 1. The number of urea groups is 1. The maximum Gasteiger partial charge on any atom is 0.328 e. The van der Waals surface area contributed by atoms with Crippen molar-refractivity contribution in [3.05, 3.63) is 82.3 Å². The lowest BCUT2D eigenvalue weighted by Crippen LogP contribution is -2.40. The van der Waals surface area contributed by atoms with Crippen LogP contribution in [-0.2, 0) is 22.9 Å². The Bertz CT molecular complexity index is 1480. The van der Waals surface area contributed by atoms with Crippen molar-refractivity contribution in [2.75, 3.05) is 6.54 Å². The number of fused-ring (bicyclic) bond motifs is 1. The van der Waals surface area contributed by atoms with Gasteiger partial charge >= 0.3 is 6.03 Å². The molecule has 0 aliphatic rings. The molecular weight excluding hydrogens is 486 g/mol. The van der Waals surface area contributed by atoms with Crippen LogP contribution in [-0.4, -0.2) is 35.5 Å². The van der Waals surface area contributed by atoms with Crippen LogP contribution in [0.4, 0.5) is 4.79 Å². The maximum atomic E-state index is 12.3. The number of rotatable bonds is 7. The second kappa shape index (κ2) is 10.1. The first kappa shape index (κ1) is 24.7. The Morgan fingerprint density at radius 2 is 1.71 bits per heavy atom. The van der Waals surface area contributed by atoms with Crippen LogP contribution >= 0.6 is 11.6 Å². The summed E-state index contributed by atoms with van der Waals surface area (Å²) in [6.45, 7) is 6.14. The summed E-state index contributed by atoms with van der Waals surface area (Å²) in [5.41, 5.74) is 5.34. The number of pyridine rings is 1. The number of carbonyl (C=O) groups is 1. The summed E-state index contributed by atoms with van der Waals surface area (Å²) < 4.78 is 28.7. The normalized spacial score (nSPS) is 11.5. The number of sulfonamides is 1. The number of benzene rings is 2. The first-order chi connectivity index (χ1) is 16.7. The van der Waals surface area contributed by atoms with Crippen molar-refractivity contribution < 1.29 is 13.2 Å². The number of aryl methyl sites for hydroxylation is 3. The van der Waals surface area contributed by atoms with Crippen LogP contribution in [0.3, 0.4) is 0 Å². The highest BCUT2D eigenvalue weighted by Gasteiger charge is 2.17. The highest BCUT2D eigenvalue weighted by molar-refractivity contribution is 7.90. The molecule has 0 radical (unpaired) electrons. The van der Waals surface area contributed by atoms with E-state index in [1.807, 2.05) is 54.3 Å². The van der Waals surface area contributed by atoms with Crippen molar-refractivity contribution in [1.82, 2.24) is 24.6 Å². The summed E-state index contributed by atoms with van der Waals surface area (Å²) in [5, 5.41) is 3.02. The largest absolute Gasteiger partial charge is 0.337 e. The van der Waals surface area contributed by atoms with Crippen molar-refractivity contribution in [3.8, 4) is 5.69 Å². The average molecular weight is 512 g/mol. The minimum Gasteiger partial charge on any atom is -0.337 e. The van der Waals surface area contributed by atoms with E-state index < -0.39 is 16.1 Å². The predicted octanol–water partition coefficient (Wildman–Crippen LogP) is 4.48. The van der Waals surface area contributed by atoms with Gasteiger partial charge in [-0.3, -0.25) is 4.57 Å². The molecular formula is C25H26ClN5O3S. The van der Waals surface area contributed by atoms with Gasteiger partial charge in [-0.1, -0.05) is 48.4 Å². The zero-order valence-corrected chi connectivity index (χ0v) is 21.2. The summed E-state index contributed by atoms with van der Waals surface area (Å²) in [4.78, 5) is 21.4. The summed E-state index contributed by atoms with van der Waals surface area (Å²) >= 11 is 6.20. The molecule has 0 unspecified atom stereocenters. The highest BCUT2D eigenvalue weighted by atomic mass is 35.5. The van der Waals surface area contributed by atoms with Crippen LogP contribution in [0.2, 0.25) is 5.15 Å². The van der Waals surface area contributed by atoms with Crippen molar-refractivity contribution in [1.29, 1.82) is 0 Å². The lowest BCUT2D eigenvalue weighted by Gasteiger charge is -2.11. The van der Waals surface area contributed by atoms with E-state index in [1.54, 1.807) is 18.2 Å². The molecule has 0 aliphatic heterocycles. The average Bonchev–Trinajstić information content (AvgIpc) is 3.18. The second-order valence-electron chi connectivity index (χ2n) is 8.24. The van der Waals surface area contributed by atoms with Crippen LogP contribution in [0, 0.1) is 13.8 Å². The van der Waals surface area contributed by atoms with Gasteiger partial charge < -0.3 is 5.32 Å². The van der Waals surface area contributed by atoms with Crippen LogP contribution in [0.5, 0.6) is 0 Å². The number of nitrogens with zero attached hydrogens (tertiary/aromatic N) is 3. The Kier molecular flexibility index (Phi) is 7.09. The maximum absolute atomic E-state index is 12.3. The third-order valence-corrected chi connectivity index (χ3v) is 7.15. The Labute approximate surface area is 209 Å². The van der Waals surface area contributed by atoms with Gasteiger partial charge in [0.25, 0.3) is 10.0 Å². The first-order valence-electron chi connectivity index (χ1n) is 11.2. The molecule has 8 nitrogen and oxygen atoms in total. The molecule has 0 atom stereocenters. The molecule has 0 saturated carbocycles. The smallest absolute Gasteiger partial charge is 0.328 e. The Morgan fingerprint density at radius 3 is 2.37 bits per heavy atom. The van der Waals surface area contributed by atoms with Gasteiger partial charge in [0.05, 0.1) is 4.90 Å². The molecule has 0 bridgehead atoms. The lowest BCUT2D eigenvalue weighted by molar-refractivity contribution is 0.246. The van der Waals surface area contributed by atoms with E-state index in [9.17, 15) is 13.2 Å².